The first-order valence-electron chi connectivity index (χ1n) is 17.7. The summed E-state index contributed by atoms with van der Waals surface area (Å²) in [4.78, 5) is 12.5. The minimum absolute atomic E-state index is 0.120. The predicted octanol–water partition coefficient (Wildman–Crippen LogP) is 4.55. The number of aromatic nitrogens is 6. The summed E-state index contributed by atoms with van der Waals surface area (Å²) in [5, 5.41) is 8.63. The predicted molar refractivity (Wildman–Crippen MR) is 181 cm³/mol. The summed E-state index contributed by atoms with van der Waals surface area (Å²) < 4.78 is 58.4. The Labute approximate surface area is 289 Å². The Kier molecular flexibility index (Phi) is 10.6. The van der Waals surface area contributed by atoms with Gasteiger partial charge in [0.25, 0.3) is 0 Å². The highest BCUT2D eigenvalue weighted by atomic mass is 19.1. The molecule has 50 heavy (non-hydrogen) atoms. The second-order valence-electron chi connectivity index (χ2n) is 14.6. The van der Waals surface area contributed by atoms with Gasteiger partial charge in [0, 0.05) is 50.3 Å². The fourth-order valence-corrected chi connectivity index (χ4v) is 8.89. The number of hydrogen-bond donors (Lipinski definition) is 2. The monoisotopic (exact) mass is 694 g/mol. The molecule has 0 bridgehead atoms. The first kappa shape index (κ1) is 34.7. The SMILES string of the molecule is NC1CC(F)CN([C@@H]2C[C@H](c3ccc(F)cc3)C[C@H]2n2cncn2)C1.NC1CC(F)CN([C@H]2C[C@@H](c3ccc(F)cc3)C[C@@H]2n2cncn2)C1. The van der Waals surface area contributed by atoms with Crippen molar-refractivity contribution in [2.45, 2.75) is 99.0 Å². The molecule has 0 radical (unpaired) electrons. The van der Waals surface area contributed by atoms with E-state index in [1.54, 1.807) is 12.7 Å². The van der Waals surface area contributed by atoms with E-state index in [1.807, 2.05) is 33.6 Å². The van der Waals surface area contributed by atoms with E-state index in [1.165, 1.54) is 36.9 Å². The van der Waals surface area contributed by atoms with E-state index >= 15 is 0 Å². The number of halogens is 4. The van der Waals surface area contributed by atoms with Gasteiger partial charge in [-0.05, 0) is 85.8 Å². The zero-order valence-corrected chi connectivity index (χ0v) is 28.0. The molecule has 4 unspecified atom stereocenters. The molecule has 4 N–H and O–H groups in total. The third-order valence-electron chi connectivity index (χ3n) is 11.1. The van der Waals surface area contributed by atoms with Crippen LogP contribution in [0, 0.1) is 11.6 Å². The van der Waals surface area contributed by atoms with E-state index < -0.39 is 12.3 Å². The van der Waals surface area contributed by atoms with Crippen LogP contribution in [0.5, 0.6) is 0 Å². The fourth-order valence-electron chi connectivity index (χ4n) is 8.89. The molecule has 0 amide bonds. The molecule has 2 saturated carbocycles. The van der Waals surface area contributed by atoms with Crippen LogP contribution in [0.25, 0.3) is 0 Å². The van der Waals surface area contributed by atoms with Crippen molar-refractivity contribution in [2.75, 3.05) is 26.2 Å². The maximum atomic E-state index is 14.1. The van der Waals surface area contributed by atoms with E-state index in [0.29, 0.717) is 39.0 Å². The summed E-state index contributed by atoms with van der Waals surface area (Å²) >= 11 is 0. The van der Waals surface area contributed by atoms with Gasteiger partial charge >= 0.3 is 0 Å². The second kappa shape index (κ2) is 15.3. The lowest BCUT2D eigenvalue weighted by Crippen LogP contribution is -2.53. The zero-order valence-electron chi connectivity index (χ0n) is 28.0. The van der Waals surface area contributed by atoms with Gasteiger partial charge in [-0.15, -0.1) is 0 Å². The Hall–Kier alpha value is -3.72. The first-order valence-corrected chi connectivity index (χ1v) is 17.7. The number of piperidine rings is 2. The number of likely N-dealkylation sites (tertiary alicyclic amines) is 2. The molecule has 0 spiro atoms. The topological polar surface area (TPSA) is 120 Å². The molecule has 4 heterocycles. The lowest BCUT2D eigenvalue weighted by Gasteiger charge is -2.39. The maximum Gasteiger partial charge on any atom is 0.137 e. The third kappa shape index (κ3) is 7.93. The molecule has 2 aromatic heterocycles. The Bertz CT molecular complexity index is 1480. The molecule has 4 aliphatic rings. The normalized spacial score (nSPS) is 33.6. The van der Waals surface area contributed by atoms with Gasteiger partial charge in [0.2, 0.25) is 0 Å². The number of alkyl halides is 2. The van der Waals surface area contributed by atoms with Crippen molar-refractivity contribution >= 4 is 0 Å². The van der Waals surface area contributed by atoms with Crippen LogP contribution in [-0.4, -0.2) is 102 Å². The van der Waals surface area contributed by atoms with Gasteiger partial charge < -0.3 is 11.5 Å². The van der Waals surface area contributed by atoms with Crippen LogP contribution in [-0.2, 0) is 0 Å². The summed E-state index contributed by atoms with van der Waals surface area (Å²) in [5.74, 6) is 0.119. The molecule has 2 aliphatic heterocycles. The molecule has 4 aromatic rings. The molecule has 14 heteroatoms. The van der Waals surface area contributed by atoms with Crippen molar-refractivity contribution in [1.29, 1.82) is 0 Å². The van der Waals surface area contributed by atoms with Crippen molar-refractivity contribution in [3.63, 3.8) is 0 Å². The van der Waals surface area contributed by atoms with E-state index in [0.717, 1.165) is 36.8 Å². The highest BCUT2D eigenvalue weighted by Crippen LogP contribution is 2.45. The maximum absolute atomic E-state index is 14.1. The van der Waals surface area contributed by atoms with E-state index in [-0.39, 0.29) is 59.7 Å². The van der Waals surface area contributed by atoms with Gasteiger partial charge in [-0.3, -0.25) is 9.80 Å². The summed E-state index contributed by atoms with van der Waals surface area (Å²) in [6, 6.07) is 13.7. The minimum Gasteiger partial charge on any atom is -0.326 e. The smallest absolute Gasteiger partial charge is 0.137 e. The Morgan fingerprint density at radius 3 is 1.24 bits per heavy atom. The quantitative estimate of drug-likeness (QED) is 0.283. The van der Waals surface area contributed by atoms with Crippen molar-refractivity contribution in [3.8, 4) is 0 Å². The second-order valence-corrected chi connectivity index (χ2v) is 14.6. The summed E-state index contributed by atoms with van der Waals surface area (Å²) in [6.45, 7) is 2.23. The van der Waals surface area contributed by atoms with Crippen LogP contribution < -0.4 is 11.5 Å². The first-order chi connectivity index (χ1) is 24.2. The van der Waals surface area contributed by atoms with Crippen LogP contribution in [0.2, 0.25) is 0 Å². The van der Waals surface area contributed by atoms with Gasteiger partial charge in [-0.25, -0.2) is 36.9 Å². The summed E-state index contributed by atoms with van der Waals surface area (Å²) in [6.07, 6.45) is 9.12. The number of nitrogens with zero attached hydrogens (tertiary/aromatic N) is 8. The summed E-state index contributed by atoms with van der Waals surface area (Å²) in [5.41, 5.74) is 14.3. The lowest BCUT2D eigenvalue weighted by molar-refractivity contribution is 0.0689. The van der Waals surface area contributed by atoms with Crippen LogP contribution in [0.3, 0.4) is 0 Å². The van der Waals surface area contributed by atoms with Gasteiger partial charge in [0.05, 0.1) is 12.1 Å². The standard InChI is InChI=1S/2C18H23F2N5/c2*19-14-3-1-12(2-4-14)13-5-17(18(6-13)25-11-22-10-23-25)24-8-15(20)7-16(21)9-24/h2*1-4,10-11,13,15-18H,5-9,21H2/t2*13-,15?,16?,17+,18+/m10/s1. The molecule has 10 atom stereocenters. The van der Waals surface area contributed by atoms with Gasteiger partial charge in [0.1, 0.15) is 49.3 Å². The minimum atomic E-state index is -0.884. The highest BCUT2D eigenvalue weighted by molar-refractivity contribution is 5.24. The van der Waals surface area contributed by atoms with Crippen molar-refractivity contribution in [2.24, 2.45) is 11.5 Å². The summed E-state index contributed by atoms with van der Waals surface area (Å²) in [7, 11) is 0. The van der Waals surface area contributed by atoms with E-state index in [9.17, 15) is 17.6 Å². The van der Waals surface area contributed by atoms with Crippen molar-refractivity contribution < 1.29 is 17.6 Å². The van der Waals surface area contributed by atoms with Crippen molar-refractivity contribution in [3.05, 3.63) is 96.6 Å². The Balaban J connectivity index is 0.000000157. The average Bonchev–Trinajstić information content (AvgIpc) is 3.92. The third-order valence-corrected chi connectivity index (χ3v) is 11.1. The largest absolute Gasteiger partial charge is 0.326 e. The van der Waals surface area contributed by atoms with E-state index in [4.69, 9.17) is 11.5 Å². The average molecular weight is 695 g/mol. The zero-order chi connectivity index (χ0) is 34.8. The van der Waals surface area contributed by atoms with Gasteiger partial charge in [-0.1, -0.05) is 24.3 Å². The molecule has 2 aromatic carbocycles. The highest BCUT2D eigenvalue weighted by Gasteiger charge is 2.44. The van der Waals surface area contributed by atoms with Crippen LogP contribution >= 0.6 is 0 Å². The van der Waals surface area contributed by atoms with Crippen molar-refractivity contribution in [1.82, 2.24) is 39.3 Å². The number of rotatable bonds is 6. The number of nitrogens with two attached hydrogens (primary N) is 2. The molecular formula is C36H46F4N10. The lowest BCUT2D eigenvalue weighted by atomic mass is 9.96. The Morgan fingerprint density at radius 2 is 0.900 bits per heavy atom. The number of benzene rings is 2. The van der Waals surface area contributed by atoms with Crippen LogP contribution in [0.15, 0.2) is 73.8 Å². The fraction of sp³-hybridized carbons (Fsp3) is 0.556. The Morgan fingerprint density at radius 1 is 0.520 bits per heavy atom. The molecular weight excluding hydrogens is 648 g/mol. The number of hydrogen-bond acceptors (Lipinski definition) is 8. The molecule has 268 valence electrons. The molecule has 10 nitrogen and oxygen atoms in total. The van der Waals surface area contributed by atoms with Crippen LogP contribution in [0.4, 0.5) is 17.6 Å². The van der Waals surface area contributed by atoms with Gasteiger partial charge in [0.15, 0.2) is 0 Å². The molecule has 2 saturated heterocycles. The van der Waals surface area contributed by atoms with Gasteiger partial charge in [-0.2, -0.15) is 10.2 Å². The molecule has 2 aliphatic carbocycles. The molecule has 4 fully saturated rings. The molecule has 8 rings (SSSR count). The van der Waals surface area contributed by atoms with Crippen LogP contribution in [0.1, 0.15) is 73.6 Å². The van der Waals surface area contributed by atoms with E-state index in [2.05, 4.69) is 30.0 Å².